The molecule has 156 valence electrons. The van der Waals surface area contributed by atoms with Gasteiger partial charge >= 0.3 is 11.8 Å². The van der Waals surface area contributed by atoms with Crippen molar-refractivity contribution in [2.75, 3.05) is 18.4 Å². The second-order valence-electron chi connectivity index (χ2n) is 7.38. The second kappa shape index (κ2) is 9.56. The molecule has 0 spiro atoms. The zero-order valence-electron chi connectivity index (χ0n) is 16.9. The molecule has 1 aliphatic heterocycles. The number of thiophene rings is 1. The minimum Gasteiger partial charge on any atom is -0.346 e. The van der Waals surface area contributed by atoms with Crippen LogP contribution in [0.3, 0.4) is 0 Å². The lowest BCUT2D eigenvalue weighted by Gasteiger charge is -2.35. The number of rotatable bonds is 5. The number of carbonyl (C=O) groups is 2. The number of amides is 2. The van der Waals surface area contributed by atoms with Gasteiger partial charge in [0.25, 0.3) is 0 Å². The van der Waals surface area contributed by atoms with E-state index < -0.39 is 11.8 Å². The summed E-state index contributed by atoms with van der Waals surface area (Å²) in [6, 6.07) is 19.1. The predicted octanol–water partition coefficient (Wildman–Crippen LogP) is 3.47. The number of nitrogens with one attached hydrogen (secondary N) is 2. The normalized spacial score (nSPS) is 14.2. The fraction of sp³-hybridized carbons (Fsp3) is 0.208. The van der Waals surface area contributed by atoms with Crippen molar-refractivity contribution in [3.63, 3.8) is 0 Å². The third kappa shape index (κ3) is 4.82. The van der Waals surface area contributed by atoms with E-state index in [1.165, 1.54) is 11.1 Å². The van der Waals surface area contributed by atoms with Gasteiger partial charge in [0.05, 0.1) is 17.3 Å². The Morgan fingerprint density at radius 3 is 2.61 bits per heavy atom. The molecule has 1 unspecified atom stereocenters. The van der Waals surface area contributed by atoms with Gasteiger partial charge in [0.2, 0.25) is 0 Å². The molecule has 0 saturated heterocycles. The molecule has 2 amide bonds. The third-order valence-corrected chi connectivity index (χ3v) is 6.19. The highest BCUT2D eigenvalue weighted by Crippen LogP contribution is 2.28. The van der Waals surface area contributed by atoms with Gasteiger partial charge in [0.15, 0.2) is 0 Å². The molecule has 0 radical (unpaired) electrons. The molecule has 0 bridgehead atoms. The maximum atomic E-state index is 12.5. The van der Waals surface area contributed by atoms with Gasteiger partial charge in [-0.05, 0) is 52.1 Å². The van der Waals surface area contributed by atoms with E-state index in [-0.39, 0.29) is 6.04 Å². The summed E-state index contributed by atoms with van der Waals surface area (Å²) in [5.41, 5.74) is 4.42. The van der Waals surface area contributed by atoms with Crippen LogP contribution < -0.4 is 10.6 Å². The zero-order chi connectivity index (χ0) is 21.6. The number of anilines is 1. The Morgan fingerprint density at radius 2 is 1.84 bits per heavy atom. The van der Waals surface area contributed by atoms with Crippen molar-refractivity contribution < 1.29 is 9.59 Å². The average Bonchev–Trinajstić information content (AvgIpc) is 3.34. The molecule has 2 heterocycles. The van der Waals surface area contributed by atoms with Crippen LogP contribution in [0.25, 0.3) is 0 Å². The van der Waals surface area contributed by atoms with E-state index in [0.29, 0.717) is 17.8 Å². The van der Waals surface area contributed by atoms with Gasteiger partial charge in [-0.15, -0.1) is 0 Å². The van der Waals surface area contributed by atoms with Gasteiger partial charge in [-0.1, -0.05) is 36.4 Å². The van der Waals surface area contributed by atoms with Crippen molar-refractivity contribution in [2.24, 2.45) is 0 Å². The van der Waals surface area contributed by atoms with Gasteiger partial charge in [-0.2, -0.15) is 16.6 Å². The van der Waals surface area contributed by atoms with Gasteiger partial charge in [0.1, 0.15) is 6.07 Å². The van der Waals surface area contributed by atoms with Crippen LogP contribution in [0, 0.1) is 11.3 Å². The maximum Gasteiger partial charge on any atom is 0.313 e. The van der Waals surface area contributed by atoms with Crippen molar-refractivity contribution in [1.29, 1.82) is 5.26 Å². The molecule has 3 aromatic rings. The fourth-order valence-corrected chi connectivity index (χ4v) is 4.55. The van der Waals surface area contributed by atoms with Crippen molar-refractivity contribution in [3.05, 3.63) is 87.6 Å². The number of hydrogen-bond acceptors (Lipinski definition) is 5. The monoisotopic (exact) mass is 430 g/mol. The van der Waals surface area contributed by atoms with Crippen molar-refractivity contribution >= 4 is 28.8 Å². The Balaban J connectivity index is 1.43. The van der Waals surface area contributed by atoms with E-state index in [1.54, 1.807) is 35.6 Å². The molecule has 0 aliphatic carbocycles. The summed E-state index contributed by atoms with van der Waals surface area (Å²) in [5, 5.41) is 18.6. The van der Waals surface area contributed by atoms with Crippen molar-refractivity contribution in [3.8, 4) is 6.07 Å². The third-order valence-electron chi connectivity index (χ3n) is 5.49. The number of nitrogens with zero attached hydrogens (tertiary/aromatic N) is 2. The van der Waals surface area contributed by atoms with E-state index >= 15 is 0 Å². The Hall–Kier alpha value is -3.47. The molecule has 0 saturated carbocycles. The Morgan fingerprint density at radius 1 is 1.06 bits per heavy atom. The second-order valence-corrected chi connectivity index (χ2v) is 8.16. The van der Waals surface area contributed by atoms with Gasteiger partial charge in [-0.25, -0.2) is 0 Å². The van der Waals surface area contributed by atoms with Crippen LogP contribution in [0.2, 0.25) is 0 Å². The summed E-state index contributed by atoms with van der Waals surface area (Å²) in [5.74, 6) is -1.50. The zero-order valence-corrected chi connectivity index (χ0v) is 17.7. The van der Waals surface area contributed by atoms with Crippen LogP contribution in [-0.2, 0) is 22.6 Å². The molecule has 4 rings (SSSR count). The molecule has 7 heteroatoms. The number of fused-ring (bicyclic) bond motifs is 1. The Labute approximate surface area is 185 Å². The molecule has 1 aromatic heterocycles. The lowest BCUT2D eigenvalue weighted by atomic mass is 9.97. The highest BCUT2D eigenvalue weighted by molar-refractivity contribution is 7.08. The maximum absolute atomic E-state index is 12.5. The number of nitriles is 1. The first-order valence-corrected chi connectivity index (χ1v) is 11.0. The van der Waals surface area contributed by atoms with Crippen LogP contribution in [0.5, 0.6) is 0 Å². The molecule has 0 fully saturated rings. The quantitative estimate of drug-likeness (QED) is 0.607. The minimum absolute atomic E-state index is 0.0252. The SMILES string of the molecule is N#Cc1ccccc1NC(=O)C(=O)NCC(c1ccsc1)N1CCc2ccccc2C1. The standard InChI is InChI=1S/C24H22N4O2S/c25-13-18-6-3-4-8-21(18)27-24(30)23(29)26-14-22(20-10-12-31-16-20)28-11-9-17-5-1-2-7-19(17)15-28/h1-8,10,12,16,22H,9,11,14-15H2,(H,26,29)(H,27,30). The minimum atomic E-state index is -0.782. The number of para-hydroxylation sites is 1. The summed E-state index contributed by atoms with van der Waals surface area (Å²) in [6.07, 6.45) is 0.955. The smallest absolute Gasteiger partial charge is 0.313 e. The Kier molecular flexibility index (Phi) is 6.41. The molecule has 6 nitrogen and oxygen atoms in total. The molecule has 2 N–H and O–H groups in total. The van der Waals surface area contributed by atoms with Crippen LogP contribution in [0.4, 0.5) is 5.69 Å². The number of benzene rings is 2. The molecular weight excluding hydrogens is 408 g/mol. The lowest BCUT2D eigenvalue weighted by Crippen LogP contribution is -2.43. The van der Waals surface area contributed by atoms with Gasteiger partial charge < -0.3 is 10.6 Å². The highest BCUT2D eigenvalue weighted by atomic mass is 32.1. The van der Waals surface area contributed by atoms with Crippen LogP contribution in [0.15, 0.2) is 65.4 Å². The highest BCUT2D eigenvalue weighted by Gasteiger charge is 2.26. The fourth-order valence-electron chi connectivity index (χ4n) is 3.84. The van der Waals surface area contributed by atoms with Crippen LogP contribution in [-0.4, -0.2) is 29.8 Å². The molecule has 31 heavy (non-hydrogen) atoms. The average molecular weight is 431 g/mol. The van der Waals surface area contributed by atoms with E-state index in [9.17, 15) is 9.59 Å². The van der Waals surface area contributed by atoms with E-state index in [4.69, 9.17) is 5.26 Å². The molecule has 2 aromatic carbocycles. The van der Waals surface area contributed by atoms with Crippen molar-refractivity contribution in [2.45, 2.75) is 19.0 Å². The summed E-state index contributed by atoms with van der Waals surface area (Å²) >= 11 is 1.61. The van der Waals surface area contributed by atoms with Gasteiger partial charge in [0, 0.05) is 19.6 Å². The van der Waals surface area contributed by atoms with Gasteiger partial charge in [-0.3, -0.25) is 14.5 Å². The van der Waals surface area contributed by atoms with Crippen LogP contribution in [0.1, 0.15) is 28.3 Å². The van der Waals surface area contributed by atoms with E-state index in [2.05, 4.69) is 45.2 Å². The first-order chi connectivity index (χ1) is 15.2. The lowest BCUT2D eigenvalue weighted by molar-refractivity contribution is -0.136. The van der Waals surface area contributed by atoms with E-state index in [1.807, 2.05) is 17.5 Å². The number of hydrogen-bond donors (Lipinski definition) is 2. The summed E-state index contributed by atoms with van der Waals surface area (Å²) in [7, 11) is 0. The summed E-state index contributed by atoms with van der Waals surface area (Å²) in [6.45, 7) is 2.01. The predicted molar refractivity (Wildman–Crippen MR) is 120 cm³/mol. The van der Waals surface area contributed by atoms with Crippen molar-refractivity contribution in [1.82, 2.24) is 10.2 Å². The largest absolute Gasteiger partial charge is 0.346 e. The summed E-state index contributed by atoms with van der Waals surface area (Å²) < 4.78 is 0. The summed E-state index contributed by atoms with van der Waals surface area (Å²) in [4.78, 5) is 27.2. The molecular formula is C24H22N4O2S. The number of carbonyl (C=O) groups excluding carboxylic acids is 2. The first-order valence-electron chi connectivity index (χ1n) is 10.1. The topological polar surface area (TPSA) is 85.2 Å². The molecule has 1 atom stereocenters. The first kappa shape index (κ1) is 20.8. The van der Waals surface area contributed by atoms with Crippen LogP contribution >= 0.6 is 11.3 Å². The molecule has 1 aliphatic rings. The van der Waals surface area contributed by atoms with E-state index in [0.717, 1.165) is 25.1 Å². The Bertz CT molecular complexity index is 1120.